The molecule has 1 fully saturated rings. The Labute approximate surface area is 143 Å². The molecule has 1 N–H and O–H groups in total. The van der Waals surface area contributed by atoms with Crippen LogP contribution in [0.2, 0.25) is 0 Å². The van der Waals surface area contributed by atoms with Crippen LogP contribution in [0.1, 0.15) is 31.4 Å². The van der Waals surface area contributed by atoms with Crippen LogP contribution in [0.5, 0.6) is 5.75 Å². The molecule has 2 amide bonds. The van der Waals surface area contributed by atoms with Gasteiger partial charge in [0, 0.05) is 26.6 Å². The highest BCUT2D eigenvalue weighted by Crippen LogP contribution is 2.37. The van der Waals surface area contributed by atoms with Gasteiger partial charge in [0.1, 0.15) is 5.75 Å². The minimum atomic E-state index is -0.272. The van der Waals surface area contributed by atoms with Crippen molar-refractivity contribution < 1.29 is 19.1 Å². The fourth-order valence-corrected chi connectivity index (χ4v) is 3.25. The zero-order valence-electron chi connectivity index (χ0n) is 14.6. The summed E-state index contributed by atoms with van der Waals surface area (Å²) in [6, 6.07) is 7.33. The SMILES string of the molecule is CCN1C(=O)CC[C@@H](C(=O)NCCOC)[C@@H]1c1cccc(OC)c1. The van der Waals surface area contributed by atoms with Crippen molar-refractivity contribution >= 4 is 11.8 Å². The smallest absolute Gasteiger partial charge is 0.225 e. The highest BCUT2D eigenvalue weighted by atomic mass is 16.5. The molecular weight excluding hydrogens is 308 g/mol. The van der Waals surface area contributed by atoms with Crippen LogP contribution in [0.3, 0.4) is 0 Å². The molecule has 1 aliphatic rings. The number of carbonyl (C=O) groups is 2. The van der Waals surface area contributed by atoms with Gasteiger partial charge in [0.05, 0.1) is 25.7 Å². The van der Waals surface area contributed by atoms with Crippen molar-refractivity contribution in [3.05, 3.63) is 29.8 Å². The Hall–Kier alpha value is -2.08. The molecule has 6 nitrogen and oxygen atoms in total. The van der Waals surface area contributed by atoms with Gasteiger partial charge in [-0.25, -0.2) is 0 Å². The summed E-state index contributed by atoms with van der Waals surface area (Å²) in [5.74, 6) is 0.504. The van der Waals surface area contributed by atoms with Crippen LogP contribution in [0.4, 0.5) is 0 Å². The van der Waals surface area contributed by atoms with E-state index in [-0.39, 0.29) is 23.8 Å². The maximum absolute atomic E-state index is 12.6. The topological polar surface area (TPSA) is 67.9 Å². The first-order valence-electron chi connectivity index (χ1n) is 8.32. The molecule has 2 rings (SSSR count). The van der Waals surface area contributed by atoms with Crippen molar-refractivity contribution in [2.75, 3.05) is 33.9 Å². The van der Waals surface area contributed by atoms with E-state index in [4.69, 9.17) is 9.47 Å². The number of nitrogens with one attached hydrogen (secondary N) is 1. The number of methoxy groups -OCH3 is 2. The number of benzene rings is 1. The molecule has 1 aromatic rings. The molecule has 24 heavy (non-hydrogen) atoms. The minimum absolute atomic E-state index is 0.0363. The third-order valence-corrected chi connectivity index (χ3v) is 4.42. The Balaban J connectivity index is 2.29. The average molecular weight is 334 g/mol. The van der Waals surface area contributed by atoms with Crippen LogP contribution in [-0.2, 0) is 14.3 Å². The number of ether oxygens (including phenoxy) is 2. The monoisotopic (exact) mass is 334 g/mol. The summed E-state index contributed by atoms with van der Waals surface area (Å²) in [5.41, 5.74) is 0.927. The molecule has 0 aliphatic carbocycles. The zero-order chi connectivity index (χ0) is 17.5. The van der Waals surface area contributed by atoms with Crippen LogP contribution in [0.15, 0.2) is 24.3 Å². The molecular formula is C18H26N2O4. The van der Waals surface area contributed by atoms with Crippen LogP contribution >= 0.6 is 0 Å². The van der Waals surface area contributed by atoms with Gasteiger partial charge in [0.2, 0.25) is 11.8 Å². The molecule has 0 unspecified atom stereocenters. The van der Waals surface area contributed by atoms with E-state index >= 15 is 0 Å². The zero-order valence-corrected chi connectivity index (χ0v) is 14.6. The van der Waals surface area contributed by atoms with Crippen molar-refractivity contribution in [1.82, 2.24) is 10.2 Å². The second kappa shape index (κ2) is 8.68. The summed E-state index contributed by atoms with van der Waals surface area (Å²) < 4.78 is 10.3. The third kappa shape index (κ3) is 4.06. The third-order valence-electron chi connectivity index (χ3n) is 4.42. The quantitative estimate of drug-likeness (QED) is 0.772. The van der Waals surface area contributed by atoms with E-state index in [1.165, 1.54) is 0 Å². The Morgan fingerprint density at radius 2 is 2.17 bits per heavy atom. The number of hydrogen-bond donors (Lipinski definition) is 1. The van der Waals surface area contributed by atoms with E-state index in [0.29, 0.717) is 32.5 Å². The van der Waals surface area contributed by atoms with Crippen molar-refractivity contribution in [2.45, 2.75) is 25.8 Å². The number of carbonyl (C=O) groups excluding carboxylic acids is 2. The fourth-order valence-electron chi connectivity index (χ4n) is 3.25. The summed E-state index contributed by atoms with van der Waals surface area (Å²) >= 11 is 0. The van der Waals surface area contributed by atoms with Gasteiger partial charge in [-0.15, -0.1) is 0 Å². The van der Waals surface area contributed by atoms with E-state index in [1.54, 1.807) is 19.1 Å². The summed E-state index contributed by atoms with van der Waals surface area (Å²) in [7, 11) is 3.21. The standard InChI is InChI=1S/C18H26N2O4/c1-4-20-16(21)9-8-15(18(22)19-10-11-23-2)17(20)13-6-5-7-14(12-13)24-3/h5-7,12,15,17H,4,8-11H2,1-3H3,(H,19,22)/t15-,17+/m1/s1. The lowest BCUT2D eigenvalue weighted by atomic mass is 9.83. The Kier molecular flexibility index (Phi) is 6.61. The number of amides is 2. The van der Waals surface area contributed by atoms with Crippen LogP contribution in [-0.4, -0.2) is 50.6 Å². The summed E-state index contributed by atoms with van der Waals surface area (Å²) in [6.45, 7) is 3.45. The molecule has 0 radical (unpaired) electrons. The predicted molar refractivity (Wildman–Crippen MR) is 90.7 cm³/mol. The normalized spacial score (nSPS) is 20.8. The van der Waals surface area contributed by atoms with Gasteiger partial charge in [0.15, 0.2) is 0 Å². The molecule has 1 heterocycles. The number of likely N-dealkylation sites (tertiary alicyclic amines) is 1. The molecule has 1 saturated heterocycles. The molecule has 1 aromatic carbocycles. The van der Waals surface area contributed by atoms with Crippen molar-refractivity contribution in [3.8, 4) is 5.75 Å². The number of piperidine rings is 1. The first kappa shape index (κ1) is 18.3. The van der Waals surface area contributed by atoms with Crippen molar-refractivity contribution in [1.29, 1.82) is 0 Å². The second-order valence-electron chi connectivity index (χ2n) is 5.83. The van der Waals surface area contributed by atoms with Gasteiger partial charge in [-0.3, -0.25) is 9.59 Å². The predicted octanol–water partition coefficient (Wildman–Crippen LogP) is 1.76. The molecule has 6 heteroatoms. The van der Waals surface area contributed by atoms with Gasteiger partial charge >= 0.3 is 0 Å². The lowest BCUT2D eigenvalue weighted by molar-refractivity contribution is -0.143. The van der Waals surface area contributed by atoms with Crippen LogP contribution < -0.4 is 10.1 Å². The highest BCUT2D eigenvalue weighted by molar-refractivity contribution is 5.85. The second-order valence-corrected chi connectivity index (χ2v) is 5.83. The highest BCUT2D eigenvalue weighted by Gasteiger charge is 2.39. The lowest BCUT2D eigenvalue weighted by Crippen LogP contribution is -2.48. The maximum Gasteiger partial charge on any atom is 0.225 e. The molecule has 0 bridgehead atoms. The molecule has 0 saturated carbocycles. The number of hydrogen-bond acceptors (Lipinski definition) is 4. The maximum atomic E-state index is 12.6. The van der Waals surface area contributed by atoms with E-state index in [2.05, 4.69) is 5.32 Å². The number of nitrogens with zero attached hydrogens (tertiary/aromatic N) is 1. The average Bonchev–Trinajstić information content (AvgIpc) is 2.61. The Morgan fingerprint density at radius 1 is 1.38 bits per heavy atom. The van der Waals surface area contributed by atoms with Gasteiger partial charge in [-0.1, -0.05) is 12.1 Å². The molecule has 2 atom stereocenters. The lowest BCUT2D eigenvalue weighted by Gasteiger charge is -2.40. The van der Waals surface area contributed by atoms with Crippen molar-refractivity contribution in [2.24, 2.45) is 5.92 Å². The van der Waals surface area contributed by atoms with Gasteiger partial charge in [0.25, 0.3) is 0 Å². The summed E-state index contributed by atoms with van der Waals surface area (Å²) in [5, 5.41) is 2.91. The van der Waals surface area contributed by atoms with Crippen LogP contribution in [0.25, 0.3) is 0 Å². The van der Waals surface area contributed by atoms with Gasteiger partial charge in [-0.2, -0.15) is 0 Å². The Morgan fingerprint density at radius 3 is 2.83 bits per heavy atom. The molecule has 1 aliphatic heterocycles. The van der Waals surface area contributed by atoms with E-state index in [9.17, 15) is 9.59 Å². The van der Waals surface area contributed by atoms with E-state index in [1.807, 2.05) is 31.2 Å². The van der Waals surface area contributed by atoms with Gasteiger partial charge in [-0.05, 0) is 31.0 Å². The van der Waals surface area contributed by atoms with E-state index < -0.39 is 0 Å². The van der Waals surface area contributed by atoms with Gasteiger partial charge < -0.3 is 19.7 Å². The minimum Gasteiger partial charge on any atom is -0.497 e. The first-order valence-corrected chi connectivity index (χ1v) is 8.32. The van der Waals surface area contributed by atoms with Crippen LogP contribution in [0, 0.1) is 5.92 Å². The van der Waals surface area contributed by atoms with E-state index in [0.717, 1.165) is 11.3 Å². The largest absolute Gasteiger partial charge is 0.497 e. The molecule has 0 aromatic heterocycles. The van der Waals surface area contributed by atoms with Crippen molar-refractivity contribution in [3.63, 3.8) is 0 Å². The molecule has 0 spiro atoms. The summed E-state index contributed by atoms with van der Waals surface area (Å²) in [6.07, 6.45) is 0.951. The molecule has 132 valence electrons. The first-order chi connectivity index (χ1) is 11.6. The fraction of sp³-hybridized carbons (Fsp3) is 0.556. The summed E-state index contributed by atoms with van der Waals surface area (Å²) in [4.78, 5) is 26.8. The number of rotatable bonds is 7. The Bertz CT molecular complexity index is 576.